The molecular weight excluding hydrogens is 176 g/mol. The topological polar surface area (TPSA) is 81.9 Å². The summed E-state index contributed by atoms with van der Waals surface area (Å²) < 4.78 is 5.15. The Hall–Kier alpha value is -1.14. The lowest BCUT2D eigenvalue weighted by molar-refractivity contribution is -0.269. The summed E-state index contributed by atoms with van der Waals surface area (Å²) in [5.74, 6) is -1.54. The maximum absolute atomic E-state index is 11.1. The Bertz CT molecular complexity index is 243. The lowest BCUT2D eigenvalue weighted by Crippen LogP contribution is -2.37. The number of hydroxylamine groups is 2. The Morgan fingerprint density at radius 2 is 2.46 bits per heavy atom. The molecule has 0 spiro atoms. The van der Waals surface area contributed by atoms with Gasteiger partial charge in [0.15, 0.2) is 0 Å². The van der Waals surface area contributed by atoms with Gasteiger partial charge in [0.1, 0.15) is 0 Å². The summed E-state index contributed by atoms with van der Waals surface area (Å²) in [6, 6.07) is -0.923. The summed E-state index contributed by atoms with van der Waals surface area (Å²) in [7, 11) is 0. The molecule has 6 heteroatoms. The van der Waals surface area contributed by atoms with Gasteiger partial charge < -0.3 is 10.5 Å². The summed E-state index contributed by atoms with van der Waals surface area (Å²) >= 11 is 0. The third-order valence-electron chi connectivity index (χ3n) is 1.63. The zero-order valence-electron chi connectivity index (χ0n) is 7.57. The summed E-state index contributed by atoms with van der Waals surface area (Å²) in [5.41, 5.74) is 4.89. The van der Waals surface area contributed by atoms with Crippen molar-refractivity contribution < 1.29 is 19.2 Å². The number of amides is 3. The van der Waals surface area contributed by atoms with Crippen LogP contribution in [0.2, 0.25) is 0 Å². The molecule has 74 valence electrons. The van der Waals surface area contributed by atoms with E-state index in [0.29, 0.717) is 11.7 Å². The predicted molar refractivity (Wildman–Crippen MR) is 42.2 cm³/mol. The van der Waals surface area contributed by atoms with Gasteiger partial charge in [-0.05, 0) is 13.8 Å². The van der Waals surface area contributed by atoms with Crippen molar-refractivity contribution in [2.24, 2.45) is 5.73 Å². The van der Waals surface area contributed by atoms with E-state index < -0.39 is 17.7 Å². The third kappa shape index (κ3) is 1.96. The number of nitrogens with zero attached hydrogens (tertiary/aromatic N) is 1. The number of hydrogen-bond acceptors (Lipinski definition) is 4. The molecule has 1 fully saturated rings. The van der Waals surface area contributed by atoms with Crippen molar-refractivity contribution >= 4 is 11.9 Å². The maximum atomic E-state index is 11.1. The molecule has 1 heterocycles. The van der Waals surface area contributed by atoms with Gasteiger partial charge >= 0.3 is 6.03 Å². The van der Waals surface area contributed by atoms with Crippen LogP contribution in [0.25, 0.3) is 0 Å². The van der Waals surface area contributed by atoms with Gasteiger partial charge in [-0.1, -0.05) is 0 Å². The van der Waals surface area contributed by atoms with Crippen LogP contribution in [0.1, 0.15) is 20.3 Å². The first-order valence-electron chi connectivity index (χ1n) is 3.94. The molecule has 0 saturated carbocycles. The number of carbonyl (C=O) groups excluding carboxylic acids is 2. The molecule has 2 N–H and O–H groups in total. The minimum Gasteiger partial charge on any atom is -0.349 e. The predicted octanol–water partition coefficient (Wildman–Crippen LogP) is -0.0183. The minimum absolute atomic E-state index is 0.00375. The molecule has 1 rings (SSSR count). The van der Waals surface area contributed by atoms with E-state index in [4.69, 9.17) is 15.3 Å². The van der Waals surface area contributed by atoms with Crippen LogP contribution in [0, 0.1) is 0 Å². The first kappa shape index (κ1) is 9.94. The lowest BCUT2D eigenvalue weighted by atomic mass is 10.2. The smallest absolute Gasteiger partial charge is 0.346 e. The van der Waals surface area contributed by atoms with Gasteiger partial charge in [-0.15, -0.1) is 5.06 Å². The molecular formula is C7H12N2O4. The second kappa shape index (κ2) is 3.31. The standard InChI is InChI=1S/C7H12N2O4/c1-3-12-7(2)4-5(10)9(13-7)6(8)11/h3-4H2,1-2H3,(H2,8,11). The number of primary amides is 1. The highest BCUT2D eigenvalue weighted by atomic mass is 16.8. The number of imide groups is 1. The first-order valence-corrected chi connectivity index (χ1v) is 3.94. The first-order chi connectivity index (χ1) is 5.98. The molecule has 1 aliphatic heterocycles. The molecule has 0 aromatic rings. The van der Waals surface area contributed by atoms with Gasteiger partial charge in [-0.25, -0.2) is 9.63 Å². The highest BCUT2D eigenvalue weighted by Gasteiger charge is 2.44. The van der Waals surface area contributed by atoms with E-state index in [2.05, 4.69) is 0 Å². The number of carbonyl (C=O) groups is 2. The van der Waals surface area contributed by atoms with Crippen LogP contribution in [0.4, 0.5) is 4.79 Å². The molecule has 3 amide bonds. The Kier molecular flexibility index (Phi) is 2.53. The number of urea groups is 1. The fraction of sp³-hybridized carbons (Fsp3) is 0.714. The third-order valence-corrected chi connectivity index (χ3v) is 1.63. The molecule has 0 aromatic carbocycles. The van der Waals surface area contributed by atoms with Gasteiger partial charge in [0.2, 0.25) is 5.79 Å². The van der Waals surface area contributed by atoms with Crippen LogP contribution < -0.4 is 5.73 Å². The van der Waals surface area contributed by atoms with Crippen LogP contribution in [0.15, 0.2) is 0 Å². The van der Waals surface area contributed by atoms with E-state index in [0.717, 1.165) is 0 Å². The summed E-state index contributed by atoms with van der Waals surface area (Å²) in [4.78, 5) is 26.7. The van der Waals surface area contributed by atoms with Gasteiger partial charge in [0.25, 0.3) is 5.91 Å². The molecule has 1 aliphatic rings. The lowest BCUT2D eigenvalue weighted by Gasteiger charge is -2.21. The van der Waals surface area contributed by atoms with Crippen molar-refractivity contribution in [1.82, 2.24) is 5.06 Å². The van der Waals surface area contributed by atoms with E-state index in [1.54, 1.807) is 13.8 Å². The van der Waals surface area contributed by atoms with E-state index in [1.165, 1.54) is 0 Å². The van der Waals surface area contributed by atoms with Crippen molar-refractivity contribution in [2.45, 2.75) is 26.1 Å². The molecule has 1 unspecified atom stereocenters. The molecule has 1 atom stereocenters. The van der Waals surface area contributed by atoms with E-state index in [9.17, 15) is 9.59 Å². The molecule has 13 heavy (non-hydrogen) atoms. The van der Waals surface area contributed by atoms with Crippen molar-refractivity contribution in [2.75, 3.05) is 6.61 Å². The average Bonchev–Trinajstić information content (AvgIpc) is 2.27. The van der Waals surface area contributed by atoms with Gasteiger partial charge in [0.05, 0.1) is 6.42 Å². The van der Waals surface area contributed by atoms with Gasteiger partial charge in [0, 0.05) is 6.61 Å². The highest BCUT2D eigenvalue weighted by Crippen LogP contribution is 2.27. The summed E-state index contributed by atoms with van der Waals surface area (Å²) in [5, 5.41) is 0.523. The van der Waals surface area contributed by atoms with Crippen molar-refractivity contribution in [3.05, 3.63) is 0 Å². The fourth-order valence-corrected chi connectivity index (χ4v) is 1.17. The molecule has 6 nitrogen and oxygen atoms in total. The quantitative estimate of drug-likeness (QED) is 0.660. The van der Waals surface area contributed by atoms with Gasteiger partial charge in [-0.3, -0.25) is 4.79 Å². The number of ether oxygens (including phenoxy) is 1. The van der Waals surface area contributed by atoms with Crippen molar-refractivity contribution in [3.8, 4) is 0 Å². The van der Waals surface area contributed by atoms with Crippen LogP contribution in [-0.2, 0) is 14.4 Å². The van der Waals surface area contributed by atoms with Crippen molar-refractivity contribution in [3.63, 3.8) is 0 Å². The van der Waals surface area contributed by atoms with E-state index in [-0.39, 0.29) is 6.42 Å². The van der Waals surface area contributed by atoms with Gasteiger partial charge in [-0.2, -0.15) is 0 Å². The average molecular weight is 188 g/mol. The van der Waals surface area contributed by atoms with Crippen LogP contribution >= 0.6 is 0 Å². The Morgan fingerprint density at radius 1 is 1.85 bits per heavy atom. The zero-order chi connectivity index (χ0) is 10.1. The SMILES string of the molecule is CCOC1(C)CC(=O)N(C(N)=O)O1. The molecule has 0 aliphatic carbocycles. The monoisotopic (exact) mass is 188 g/mol. The van der Waals surface area contributed by atoms with E-state index in [1.807, 2.05) is 0 Å². The summed E-state index contributed by atoms with van der Waals surface area (Å²) in [6.07, 6.45) is 0.00375. The Balaban J connectivity index is 2.69. The Morgan fingerprint density at radius 3 is 2.85 bits per heavy atom. The minimum atomic E-state index is -1.05. The largest absolute Gasteiger partial charge is 0.349 e. The second-order valence-corrected chi connectivity index (χ2v) is 2.86. The normalized spacial score (nSPS) is 28.2. The number of hydrogen-bond donors (Lipinski definition) is 1. The van der Waals surface area contributed by atoms with Crippen LogP contribution in [-0.4, -0.2) is 29.4 Å². The number of nitrogens with two attached hydrogens (primary N) is 1. The maximum Gasteiger partial charge on any atom is 0.346 e. The van der Waals surface area contributed by atoms with Crippen molar-refractivity contribution in [1.29, 1.82) is 0 Å². The highest BCUT2D eigenvalue weighted by molar-refractivity contribution is 5.93. The van der Waals surface area contributed by atoms with E-state index >= 15 is 0 Å². The fourth-order valence-electron chi connectivity index (χ4n) is 1.17. The zero-order valence-corrected chi connectivity index (χ0v) is 7.57. The van der Waals surface area contributed by atoms with Crippen LogP contribution in [0.3, 0.4) is 0 Å². The summed E-state index contributed by atoms with van der Waals surface area (Å²) in [6.45, 7) is 3.75. The number of rotatable bonds is 2. The molecule has 1 saturated heterocycles. The second-order valence-electron chi connectivity index (χ2n) is 2.86. The molecule has 0 bridgehead atoms. The van der Waals surface area contributed by atoms with Crippen LogP contribution in [0.5, 0.6) is 0 Å². The molecule has 0 radical (unpaired) electrons. The molecule has 0 aromatic heterocycles. The Labute approximate surface area is 75.5 Å².